The van der Waals surface area contributed by atoms with Crippen LogP contribution < -0.4 is 5.11 Å². The van der Waals surface area contributed by atoms with Gasteiger partial charge in [0, 0.05) is 12.8 Å². The van der Waals surface area contributed by atoms with E-state index < -0.39 is 24.3 Å². The van der Waals surface area contributed by atoms with E-state index in [9.17, 15) is 19.5 Å². The summed E-state index contributed by atoms with van der Waals surface area (Å²) in [6.45, 7) is 4.55. The predicted molar refractivity (Wildman–Crippen MR) is 315 cm³/mol. The summed E-state index contributed by atoms with van der Waals surface area (Å²) in [5, 5.41) is 11.8. The number of nitrogens with zero attached hydrogens (tertiary/aromatic N) is 1. The molecular formula is C66H107NO8. The molecule has 75 heavy (non-hydrogen) atoms. The highest BCUT2D eigenvalue weighted by atomic mass is 16.7. The van der Waals surface area contributed by atoms with Gasteiger partial charge >= 0.3 is 11.9 Å². The van der Waals surface area contributed by atoms with Crippen molar-refractivity contribution in [2.45, 2.75) is 219 Å². The highest BCUT2D eigenvalue weighted by Gasteiger charge is 2.22. The van der Waals surface area contributed by atoms with Gasteiger partial charge in [0.05, 0.1) is 40.3 Å². The SMILES string of the molecule is CC/C=C\C/C=C\C/C=C\C/C=C\C/C=C\C/C=C\C/C=C\C/C=C\C/C=C\C/C=C\CCCCC(=O)OC(COC(=O)CCCCCCCCC/C=C\CCCCCCCC)COC(OCC[N+](C)(C)C)C(=O)[O-]. The molecule has 0 rings (SSSR count). The van der Waals surface area contributed by atoms with Gasteiger partial charge in [-0.2, -0.15) is 0 Å². The number of hydrogen-bond acceptors (Lipinski definition) is 8. The largest absolute Gasteiger partial charge is 0.545 e. The summed E-state index contributed by atoms with van der Waals surface area (Å²) in [5.41, 5.74) is 0. The molecular weight excluding hydrogens is 935 g/mol. The summed E-state index contributed by atoms with van der Waals surface area (Å²) >= 11 is 0. The quantitative estimate of drug-likeness (QED) is 0.0195. The van der Waals surface area contributed by atoms with Gasteiger partial charge < -0.3 is 33.3 Å². The third-order valence-electron chi connectivity index (χ3n) is 11.9. The van der Waals surface area contributed by atoms with Crippen LogP contribution in [0.1, 0.15) is 206 Å². The summed E-state index contributed by atoms with van der Waals surface area (Å²) in [5.74, 6) is -2.36. The Morgan fingerprint density at radius 3 is 1.17 bits per heavy atom. The number of rotatable bonds is 52. The average Bonchev–Trinajstić information content (AvgIpc) is 3.38. The number of esters is 2. The smallest absolute Gasteiger partial charge is 0.306 e. The lowest BCUT2D eigenvalue weighted by molar-refractivity contribution is -0.870. The van der Waals surface area contributed by atoms with Crippen LogP contribution in [0.15, 0.2) is 134 Å². The number of ether oxygens (including phenoxy) is 4. The van der Waals surface area contributed by atoms with Crippen molar-refractivity contribution in [2.75, 3.05) is 47.5 Å². The van der Waals surface area contributed by atoms with Crippen molar-refractivity contribution in [1.29, 1.82) is 0 Å². The second kappa shape index (κ2) is 55.7. The van der Waals surface area contributed by atoms with Crippen molar-refractivity contribution >= 4 is 17.9 Å². The van der Waals surface area contributed by atoms with Gasteiger partial charge in [-0.3, -0.25) is 9.59 Å². The van der Waals surface area contributed by atoms with E-state index in [4.69, 9.17) is 18.9 Å². The molecule has 0 fully saturated rings. The zero-order chi connectivity index (χ0) is 54.8. The Balaban J connectivity index is 4.37. The van der Waals surface area contributed by atoms with E-state index in [-0.39, 0.29) is 38.6 Å². The van der Waals surface area contributed by atoms with Gasteiger partial charge in [-0.05, 0) is 116 Å². The number of quaternary nitrogens is 1. The Morgan fingerprint density at radius 1 is 0.413 bits per heavy atom. The van der Waals surface area contributed by atoms with E-state index in [0.717, 1.165) is 109 Å². The highest BCUT2D eigenvalue weighted by molar-refractivity contribution is 5.70. The first-order chi connectivity index (χ1) is 36.6. The lowest BCUT2D eigenvalue weighted by Crippen LogP contribution is -2.44. The number of likely N-dealkylation sites (N-methyl/N-ethyl adjacent to an activating group) is 1. The Hall–Kier alpha value is -4.57. The summed E-state index contributed by atoms with van der Waals surface area (Å²) < 4.78 is 22.6. The number of allylic oxidation sites excluding steroid dienone is 22. The molecule has 0 N–H and O–H groups in total. The maximum Gasteiger partial charge on any atom is 0.306 e. The van der Waals surface area contributed by atoms with Gasteiger partial charge in [0.25, 0.3) is 0 Å². The van der Waals surface area contributed by atoms with Crippen molar-refractivity contribution in [2.24, 2.45) is 0 Å². The molecule has 0 aliphatic rings. The number of unbranched alkanes of at least 4 members (excludes halogenated alkanes) is 15. The molecule has 0 aromatic carbocycles. The highest BCUT2D eigenvalue weighted by Crippen LogP contribution is 2.13. The molecule has 0 aromatic heterocycles. The Morgan fingerprint density at radius 2 is 0.760 bits per heavy atom. The van der Waals surface area contributed by atoms with Gasteiger partial charge in [0.2, 0.25) is 0 Å². The third kappa shape index (κ3) is 57.0. The summed E-state index contributed by atoms with van der Waals surface area (Å²) in [6.07, 6.45) is 76.5. The topological polar surface area (TPSA) is 111 Å². The van der Waals surface area contributed by atoms with E-state index >= 15 is 0 Å². The van der Waals surface area contributed by atoms with Crippen LogP contribution in [0.4, 0.5) is 0 Å². The van der Waals surface area contributed by atoms with Crippen LogP contribution in [-0.4, -0.2) is 82.3 Å². The molecule has 0 saturated carbocycles. The number of carboxylic acid groups (broad SMARTS) is 1. The molecule has 0 saturated heterocycles. The maximum absolute atomic E-state index is 12.8. The second-order valence-electron chi connectivity index (χ2n) is 20.2. The fourth-order valence-corrected chi connectivity index (χ4v) is 7.38. The number of carbonyl (C=O) groups excluding carboxylic acids is 3. The number of hydrogen-bond donors (Lipinski definition) is 0. The molecule has 9 heteroatoms. The minimum atomic E-state index is -1.64. The molecule has 0 spiro atoms. The molecule has 0 aliphatic heterocycles. The van der Waals surface area contributed by atoms with Crippen LogP contribution >= 0.6 is 0 Å². The first-order valence-corrected chi connectivity index (χ1v) is 29.3. The van der Waals surface area contributed by atoms with E-state index in [1.165, 1.54) is 64.2 Å². The number of carbonyl (C=O) groups is 3. The van der Waals surface area contributed by atoms with Crippen molar-refractivity contribution in [3.63, 3.8) is 0 Å². The van der Waals surface area contributed by atoms with Crippen LogP contribution in [0.5, 0.6) is 0 Å². The predicted octanol–water partition coefficient (Wildman–Crippen LogP) is 16.1. The van der Waals surface area contributed by atoms with Crippen molar-refractivity contribution in [3.05, 3.63) is 134 Å². The van der Waals surface area contributed by atoms with Crippen molar-refractivity contribution < 1.29 is 42.9 Å². The van der Waals surface area contributed by atoms with Gasteiger partial charge in [0.1, 0.15) is 13.2 Å². The zero-order valence-electron chi connectivity index (χ0n) is 48.1. The zero-order valence-corrected chi connectivity index (χ0v) is 48.1. The normalized spacial score (nSPS) is 13.8. The average molecular weight is 1040 g/mol. The molecule has 2 atom stereocenters. The van der Waals surface area contributed by atoms with Gasteiger partial charge in [-0.1, -0.05) is 212 Å². The van der Waals surface area contributed by atoms with Crippen LogP contribution in [0.2, 0.25) is 0 Å². The Bertz CT molecular complexity index is 1690. The molecule has 424 valence electrons. The molecule has 0 aromatic rings. The number of aliphatic carboxylic acids is 1. The van der Waals surface area contributed by atoms with E-state index in [2.05, 4.69) is 148 Å². The monoisotopic (exact) mass is 1040 g/mol. The lowest BCUT2D eigenvalue weighted by atomic mass is 10.1. The lowest BCUT2D eigenvalue weighted by Gasteiger charge is -2.26. The van der Waals surface area contributed by atoms with Crippen LogP contribution in [-0.2, 0) is 33.3 Å². The fourth-order valence-electron chi connectivity index (χ4n) is 7.38. The third-order valence-corrected chi connectivity index (χ3v) is 11.9. The second-order valence-corrected chi connectivity index (χ2v) is 20.2. The first kappa shape index (κ1) is 70.4. The Kier molecular flexibility index (Phi) is 52.3. The molecule has 0 amide bonds. The van der Waals surface area contributed by atoms with Crippen LogP contribution in [0, 0.1) is 0 Å². The van der Waals surface area contributed by atoms with Crippen molar-refractivity contribution in [1.82, 2.24) is 0 Å². The summed E-state index contributed by atoms with van der Waals surface area (Å²) in [6, 6.07) is 0. The number of carboxylic acids is 1. The maximum atomic E-state index is 12.8. The summed E-state index contributed by atoms with van der Waals surface area (Å²) in [4.78, 5) is 37.3. The first-order valence-electron chi connectivity index (χ1n) is 29.3. The molecule has 0 heterocycles. The fraction of sp³-hybridized carbons (Fsp3) is 0.621. The Labute approximate surface area is 459 Å². The van der Waals surface area contributed by atoms with Crippen molar-refractivity contribution in [3.8, 4) is 0 Å². The van der Waals surface area contributed by atoms with Gasteiger partial charge in [-0.15, -0.1) is 0 Å². The minimum Gasteiger partial charge on any atom is -0.545 e. The molecule has 2 unspecified atom stereocenters. The molecule has 0 aliphatic carbocycles. The summed E-state index contributed by atoms with van der Waals surface area (Å²) in [7, 11) is 5.89. The van der Waals surface area contributed by atoms with E-state index in [1.807, 2.05) is 21.1 Å². The molecule has 0 bridgehead atoms. The van der Waals surface area contributed by atoms with Gasteiger partial charge in [-0.25, -0.2) is 0 Å². The van der Waals surface area contributed by atoms with E-state index in [0.29, 0.717) is 17.4 Å². The molecule has 0 radical (unpaired) electrons. The standard InChI is InChI=1S/C66H107NO8/c1-6-8-10-12-14-16-18-20-22-24-25-26-27-28-29-30-31-32-33-34-35-36-37-38-39-41-43-45-47-49-51-53-55-57-64(69)75-62(61-74-66(65(70)71)72-59-58-67(3,4)5)60-73-63(68)56-54-52-50-48-46-44-42-40-23-21-19-17-15-13-11-9-7-2/h8,10,14,16,20-23,25-26,28-29,31-32,34-35,37-38,41,43,47,49,62,66H,6-7,9,11-13,15,17-19,24,27,30,33,36,39-40,42,44-46,48,50-61H2,1-5H3/b10-8-,16-14-,22-20-,23-21-,26-25-,29-28-,32-31-,35-34-,38-37-,43-41-,49-47-. The minimum absolute atomic E-state index is 0.131. The van der Waals surface area contributed by atoms with Crippen LogP contribution in [0.3, 0.4) is 0 Å². The van der Waals surface area contributed by atoms with E-state index in [1.54, 1.807) is 0 Å². The van der Waals surface area contributed by atoms with Crippen LogP contribution in [0.25, 0.3) is 0 Å². The van der Waals surface area contributed by atoms with Gasteiger partial charge in [0.15, 0.2) is 12.4 Å². The molecule has 9 nitrogen and oxygen atoms in total.